The van der Waals surface area contributed by atoms with Crippen LogP contribution in [0.25, 0.3) is 22.1 Å². The summed E-state index contributed by atoms with van der Waals surface area (Å²) in [6.45, 7) is 5.26. The monoisotopic (exact) mass is 584 g/mol. The van der Waals surface area contributed by atoms with E-state index in [0.717, 1.165) is 22.3 Å². The normalized spacial score (nSPS) is 12.9. The second-order valence-electron chi connectivity index (χ2n) is 10.4. The first-order chi connectivity index (χ1) is 19.9. The van der Waals surface area contributed by atoms with Crippen LogP contribution < -0.4 is 11.3 Å². The van der Waals surface area contributed by atoms with Crippen molar-refractivity contribution in [2.75, 3.05) is 13.1 Å². The van der Waals surface area contributed by atoms with Crippen molar-refractivity contribution < 1.29 is 31.2 Å². The Labute approximate surface area is 237 Å². The van der Waals surface area contributed by atoms with Crippen molar-refractivity contribution in [2.24, 2.45) is 11.7 Å². The van der Waals surface area contributed by atoms with E-state index in [4.69, 9.17) is 19.6 Å². The lowest BCUT2D eigenvalue weighted by molar-refractivity contribution is -0.153. The summed E-state index contributed by atoms with van der Waals surface area (Å²) in [6.07, 6.45) is -4.73. The Morgan fingerprint density at radius 3 is 2.40 bits per heavy atom. The highest BCUT2D eigenvalue weighted by Crippen LogP contribution is 2.34. The molecule has 12 heteroatoms. The van der Waals surface area contributed by atoms with Crippen LogP contribution in [0, 0.1) is 18.7 Å². The Hall–Kier alpha value is -4.45. The lowest BCUT2D eigenvalue weighted by Gasteiger charge is -2.35. The van der Waals surface area contributed by atoms with E-state index in [0.29, 0.717) is 5.56 Å². The van der Waals surface area contributed by atoms with E-state index >= 15 is 0 Å². The van der Waals surface area contributed by atoms with E-state index in [1.807, 2.05) is 20.8 Å². The highest BCUT2D eigenvalue weighted by atomic mass is 19.4. The number of carbonyl (C=O) groups excluding carboxylic acids is 1. The molecule has 1 amide bonds. The number of alkyl halides is 3. The molecule has 1 atom stereocenters. The number of nitrogens with zero attached hydrogens (tertiary/aromatic N) is 3. The number of halogens is 4. The number of hydrogen-bond acceptors (Lipinski definition) is 6. The molecule has 0 saturated carbocycles. The van der Waals surface area contributed by atoms with Gasteiger partial charge >= 0.3 is 6.18 Å². The third-order valence-corrected chi connectivity index (χ3v) is 6.98. The summed E-state index contributed by atoms with van der Waals surface area (Å²) >= 11 is 0. The average molecular weight is 585 g/mol. The van der Waals surface area contributed by atoms with Crippen molar-refractivity contribution in [2.45, 2.75) is 39.5 Å². The molecular weight excluding hydrogens is 556 g/mol. The first-order valence-corrected chi connectivity index (χ1v) is 13.2. The van der Waals surface area contributed by atoms with Crippen molar-refractivity contribution in [3.63, 3.8) is 0 Å². The second-order valence-corrected chi connectivity index (χ2v) is 10.4. The molecule has 8 nitrogen and oxygen atoms in total. The first-order valence-electron chi connectivity index (χ1n) is 13.2. The minimum atomic E-state index is -4.73. The molecule has 0 aliphatic heterocycles. The molecule has 0 fully saturated rings. The van der Waals surface area contributed by atoms with Gasteiger partial charge in [-0.3, -0.25) is 14.2 Å². The Morgan fingerprint density at radius 2 is 1.79 bits per heavy atom. The summed E-state index contributed by atoms with van der Waals surface area (Å²) in [5.41, 5.74) is 6.59. The van der Waals surface area contributed by atoms with Gasteiger partial charge in [0.05, 0.1) is 12.6 Å². The summed E-state index contributed by atoms with van der Waals surface area (Å²) < 4.78 is 66.0. The number of furan rings is 2. The van der Waals surface area contributed by atoms with Crippen molar-refractivity contribution in [3.8, 4) is 0 Å². The summed E-state index contributed by atoms with van der Waals surface area (Å²) in [4.78, 5) is 34.0. The van der Waals surface area contributed by atoms with E-state index < -0.39 is 35.9 Å². The zero-order chi connectivity index (χ0) is 30.3. The average Bonchev–Trinajstić information content (AvgIpc) is 3.55. The van der Waals surface area contributed by atoms with Gasteiger partial charge in [-0.2, -0.15) is 13.2 Å². The number of amides is 1. The SMILES string of the molecule is Cc1ccc(C(=O)N(CCN)[C@@H](c2nc3c(oc4ccc(F)cc43)c(=O)n2Cc2ccc(C(F)(F)F)o2)C(C)C)cc1. The van der Waals surface area contributed by atoms with Crippen LogP contribution in [-0.4, -0.2) is 33.4 Å². The lowest BCUT2D eigenvalue weighted by Crippen LogP contribution is -2.43. The third-order valence-electron chi connectivity index (χ3n) is 6.98. The molecule has 0 aliphatic rings. The predicted octanol–water partition coefficient (Wildman–Crippen LogP) is 6.05. The Balaban J connectivity index is 1.75. The zero-order valence-corrected chi connectivity index (χ0v) is 23.0. The fourth-order valence-electron chi connectivity index (χ4n) is 5.03. The standard InChI is InChI=1S/C30H28F4N4O4/c1-16(2)25(37(13-12-35)28(39)18-6-4-17(3)5-7-18)27-36-24-21-14-19(31)8-10-22(21)42-26(24)29(40)38(27)15-20-9-11-23(41-20)30(32,33)34/h4-11,14,16,25H,12-13,15,35H2,1-3H3/t25-/m1/s1. The second kappa shape index (κ2) is 11.1. The van der Waals surface area contributed by atoms with Crippen LogP contribution >= 0.6 is 0 Å². The fourth-order valence-corrected chi connectivity index (χ4v) is 5.03. The van der Waals surface area contributed by atoms with Gasteiger partial charge in [0.2, 0.25) is 11.3 Å². The molecule has 5 aromatic rings. The van der Waals surface area contributed by atoms with E-state index in [2.05, 4.69) is 0 Å². The quantitative estimate of drug-likeness (QED) is 0.223. The Kier molecular flexibility index (Phi) is 7.67. The van der Waals surface area contributed by atoms with E-state index in [-0.39, 0.29) is 58.6 Å². The van der Waals surface area contributed by atoms with E-state index in [1.165, 1.54) is 23.1 Å². The Morgan fingerprint density at radius 1 is 1.07 bits per heavy atom. The summed E-state index contributed by atoms with van der Waals surface area (Å²) in [5, 5.41) is 0.241. The Bertz CT molecular complexity index is 1820. The molecule has 0 spiro atoms. The maximum Gasteiger partial charge on any atom is 0.449 e. The molecule has 0 aliphatic carbocycles. The van der Waals surface area contributed by atoms with Crippen molar-refractivity contribution in [1.29, 1.82) is 0 Å². The number of nitrogens with two attached hydrogens (primary N) is 1. The molecule has 2 aromatic carbocycles. The van der Waals surface area contributed by atoms with Crippen molar-refractivity contribution in [3.05, 3.63) is 99.2 Å². The van der Waals surface area contributed by atoms with Gasteiger partial charge in [0.25, 0.3) is 11.5 Å². The van der Waals surface area contributed by atoms with Gasteiger partial charge in [0.1, 0.15) is 28.5 Å². The van der Waals surface area contributed by atoms with Crippen molar-refractivity contribution in [1.82, 2.24) is 14.5 Å². The van der Waals surface area contributed by atoms with Gasteiger partial charge in [-0.25, -0.2) is 9.37 Å². The van der Waals surface area contributed by atoms with Gasteiger partial charge in [-0.15, -0.1) is 0 Å². The van der Waals surface area contributed by atoms with Crippen LogP contribution in [0.2, 0.25) is 0 Å². The van der Waals surface area contributed by atoms with Crippen LogP contribution in [0.5, 0.6) is 0 Å². The topological polar surface area (TPSA) is 108 Å². The fraction of sp³-hybridized carbons (Fsp3) is 0.300. The molecule has 42 heavy (non-hydrogen) atoms. The number of hydrogen-bond donors (Lipinski definition) is 1. The van der Waals surface area contributed by atoms with Crippen LogP contribution in [0.1, 0.15) is 53.2 Å². The summed E-state index contributed by atoms with van der Waals surface area (Å²) in [7, 11) is 0. The number of benzene rings is 2. The number of fused-ring (bicyclic) bond motifs is 3. The maximum absolute atomic E-state index is 14.2. The molecule has 3 aromatic heterocycles. The molecule has 0 saturated heterocycles. The van der Waals surface area contributed by atoms with Crippen LogP contribution in [0.3, 0.4) is 0 Å². The van der Waals surface area contributed by atoms with Crippen LogP contribution in [-0.2, 0) is 12.7 Å². The molecule has 0 unspecified atom stereocenters. The molecule has 5 rings (SSSR count). The smallest absolute Gasteiger partial charge is 0.449 e. The highest BCUT2D eigenvalue weighted by molar-refractivity contribution is 6.02. The molecular formula is C30H28F4N4O4. The number of aromatic nitrogens is 2. The minimum Gasteiger partial charge on any atom is -0.455 e. The third kappa shape index (κ3) is 5.41. The first kappa shape index (κ1) is 29.1. The van der Waals surface area contributed by atoms with Gasteiger partial charge in [-0.1, -0.05) is 31.5 Å². The molecule has 220 valence electrons. The van der Waals surface area contributed by atoms with Gasteiger partial charge in [0.15, 0.2) is 0 Å². The van der Waals surface area contributed by atoms with Crippen LogP contribution in [0.15, 0.2) is 68.2 Å². The van der Waals surface area contributed by atoms with Gasteiger partial charge in [0, 0.05) is 24.0 Å². The number of aryl methyl sites for hydroxylation is 1. The maximum atomic E-state index is 14.2. The molecule has 0 radical (unpaired) electrons. The molecule has 2 N–H and O–H groups in total. The lowest BCUT2D eigenvalue weighted by atomic mass is 9.99. The van der Waals surface area contributed by atoms with Gasteiger partial charge in [-0.05, 0) is 55.3 Å². The number of carbonyl (C=O) groups is 1. The molecule has 0 bridgehead atoms. The highest BCUT2D eigenvalue weighted by Gasteiger charge is 2.36. The predicted molar refractivity (Wildman–Crippen MR) is 147 cm³/mol. The molecule has 3 heterocycles. The summed E-state index contributed by atoms with van der Waals surface area (Å²) in [6, 6.07) is 11.7. The summed E-state index contributed by atoms with van der Waals surface area (Å²) in [5.74, 6) is -2.62. The zero-order valence-electron chi connectivity index (χ0n) is 23.0. The van der Waals surface area contributed by atoms with E-state index in [9.17, 15) is 27.2 Å². The van der Waals surface area contributed by atoms with Crippen LogP contribution in [0.4, 0.5) is 17.6 Å². The number of rotatable bonds is 8. The largest absolute Gasteiger partial charge is 0.455 e. The van der Waals surface area contributed by atoms with E-state index in [1.54, 1.807) is 24.3 Å². The van der Waals surface area contributed by atoms with Crippen molar-refractivity contribution >= 4 is 28.0 Å². The minimum absolute atomic E-state index is 0.0633. The van der Waals surface area contributed by atoms with Gasteiger partial charge < -0.3 is 19.5 Å².